The van der Waals surface area contributed by atoms with Gasteiger partial charge in [0.1, 0.15) is 17.3 Å². The van der Waals surface area contributed by atoms with Gasteiger partial charge in [0.15, 0.2) is 0 Å². The standard InChI is InChI=1S/C24H21ClF3N3O2S/c1-13-6-9-17(18(25)10-13)24(27,28)12-30-23(32)22-20(11-29-14(2)31-22)34(33)19-5-3-4-16(21(19)26)15-7-8-15/h3-6,9-11,15H,7-8,12H2,1-2H3,(H,30,32). The van der Waals surface area contributed by atoms with Gasteiger partial charge in [0.25, 0.3) is 11.8 Å². The van der Waals surface area contributed by atoms with Crippen molar-refractivity contribution in [1.82, 2.24) is 15.3 Å². The average molecular weight is 508 g/mol. The van der Waals surface area contributed by atoms with Gasteiger partial charge >= 0.3 is 0 Å². The lowest BCUT2D eigenvalue weighted by molar-refractivity contribution is -0.00245. The van der Waals surface area contributed by atoms with Crippen LogP contribution in [0.15, 0.2) is 52.4 Å². The third-order valence-corrected chi connectivity index (χ3v) is 7.22. The molecule has 0 aliphatic heterocycles. The Bertz CT molecular complexity index is 1300. The third kappa shape index (κ3) is 5.00. The average Bonchev–Trinajstić information content (AvgIpc) is 3.62. The van der Waals surface area contributed by atoms with E-state index in [9.17, 15) is 17.8 Å². The molecule has 0 radical (unpaired) electrons. The van der Waals surface area contributed by atoms with Gasteiger partial charge in [-0.15, -0.1) is 0 Å². The molecule has 0 bridgehead atoms. The first-order valence-corrected chi connectivity index (χ1v) is 12.1. The van der Waals surface area contributed by atoms with Crippen LogP contribution in [-0.4, -0.2) is 26.6 Å². The number of carbonyl (C=O) groups is 1. The Balaban J connectivity index is 1.60. The van der Waals surface area contributed by atoms with Gasteiger partial charge in [0.2, 0.25) is 0 Å². The highest BCUT2D eigenvalue weighted by molar-refractivity contribution is 7.85. The second kappa shape index (κ2) is 9.46. The van der Waals surface area contributed by atoms with E-state index >= 15 is 4.39 Å². The Morgan fingerprint density at radius 1 is 1.21 bits per heavy atom. The second-order valence-corrected chi connectivity index (χ2v) is 10.0. The zero-order valence-corrected chi connectivity index (χ0v) is 19.9. The summed E-state index contributed by atoms with van der Waals surface area (Å²) < 4.78 is 57.8. The van der Waals surface area contributed by atoms with Crippen molar-refractivity contribution in [3.05, 3.63) is 81.6 Å². The predicted octanol–water partition coefficient (Wildman–Crippen LogP) is 5.45. The van der Waals surface area contributed by atoms with Crippen molar-refractivity contribution in [3.63, 3.8) is 0 Å². The minimum absolute atomic E-state index is 0.0878. The molecule has 10 heteroatoms. The zero-order valence-electron chi connectivity index (χ0n) is 18.4. The van der Waals surface area contributed by atoms with Crippen LogP contribution in [0.25, 0.3) is 0 Å². The number of benzene rings is 2. The lowest BCUT2D eigenvalue weighted by atomic mass is 10.1. The molecule has 178 valence electrons. The molecule has 1 amide bonds. The molecular formula is C24H21ClF3N3O2S. The second-order valence-electron chi connectivity index (χ2n) is 8.20. The van der Waals surface area contributed by atoms with Gasteiger partial charge in [-0.1, -0.05) is 35.9 Å². The van der Waals surface area contributed by atoms with Crippen molar-refractivity contribution >= 4 is 28.3 Å². The Kier molecular flexibility index (Phi) is 6.78. The fourth-order valence-corrected chi connectivity index (χ4v) is 5.10. The summed E-state index contributed by atoms with van der Waals surface area (Å²) in [5.41, 5.74) is 0.407. The maximum absolute atomic E-state index is 15.0. The largest absolute Gasteiger partial charge is 0.344 e. The van der Waals surface area contributed by atoms with E-state index in [1.165, 1.54) is 31.2 Å². The fraction of sp³-hybridized carbons (Fsp3) is 0.292. The fourth-order valence-electron chi connectivity index (χ4n) is 3.54. The highest BCUT2D eigenvalue weighted by Crippen LogP contribution is 2.42. The summed E-state index contributed by atoms with van der Waals surface area (Å²) in [7, 11) is -2.13. The summed E-state index contributed by atoms with van der Waals surface area (Å²) in [6.45, 7) is 2.16. The Hall–Kier alpha value is -2.78. The molecule has 1 N–H and O–H groups in total. The van der Waals surface area contributed by atoms with Crippen LogP contribution in [0, 0.1) is 19.7 Å². The van der Waals surface area contributed by atoms with E-state index in [0.29, 0.717) is 5.56 Å². The minimum atomic E-state index is -3.47. The molecule has 4 rings (SSSR count). The van der Waals surface area contributed by atoms with Gasteiger partial charge in [-0.25, -0.2) is 18.6 Å². The van der Waals surface area contributed by atoms with E-state index in [-0.39, 0.29) is 32.2 Å². The van der Waals surface area contributed by atoms with Gasteiger partial charge in [0, 0.05) is 11.8 Å². The number of aryl methyl sites for hydroxylation is 2. The summed E-state index contributed by atoms with van der Waals surface area (Å²) in [5, 5.41) is 2.02. The molecule has 0 saturated heterocycles. The quantitative estimate of drug-likeness (QED) is 0.461. The first-order chi connectivity index (χ1) is 16.1. The number of hydrogen-bond donors (Lipinski definition) is 1. The number of nitrogens with one attached hydrogen (secondary N) is 1. The molecule has 1 saturated carbocycles. The van der Waals surface area contributed by atoms with Crippen LogP contribution in [0.3, 0.4) is 0 Å². The monoisotopic (exact) mass is 507 g/mol. The van der Waals surface area contributed by atoms with Crippen molar-refractivity contribution in [1.29, 1.82) is 0 Å². The maximum atomic E-state index is 15.0. The molecule has 1 aromatic heterocycles. The molecule has 2 aromatic carbocycles. The molecule has 0 spiro atoms. The van der Waals surface area contributed by atoms with Gasteiger partial charge in [-0.3, -0.25) is 4.79 Å². The van der Waals surface area contributed by atoms with Crippen molar-refractivity contribution in [3.8, 4) is 0 Å². The van der Waals surface area contributed by atoms with Crippen LogP contribution in [-0.2, 0) is 16.7 Å². The number of halogens is 4. The first kappa shape index (κ1) is 24.3. The van der Waals surface area contributed by atoms with Crippen molar-refractivity contribution in [2.24, 2.45) is 0 Å². The van der Waals surface area contributed by atoms with Crippen LogP contribution < -0.4 is 5.32 Å². The molecule has 1 heterocycles. The summed E-state index contributed by atoms with van der Waals surface area (Å²) in [6, 6.07) is 8.72. The molecule has 34 heavy (non-hydrogen) atoms. The Morgan fingerprint density at radius 2 is 1.94 bits per heavy atom. The first-order valence-electron chi connectivity index (χ1n) is 10.5. The molecular weight excluding hydrogens is 487 g/mol. The Morgan fingerprint density at radius 3 is 2.62 bits per heavy atom. The summed E-state index contributed by atoms with van der Waals surface area (Å²) in [5.74, 6) is -4.78. The maximum Gasteiger partial charge on any atom is 0.291 e. The van der Waals surface area contributed by atoms with Crippen molar-refractivity contribution < 1.29 is 22.2 Å². The van der Waals surface area contributed by atoms with Gasteiger partial charge in [0.05, 0.1) is 32.2 Å². The molecule has 5 nitrogen and oxygen atoms in total. The van der Waals surface area contributed by atoms with Crippen molar-refractivity contribution in [2.75, 3.05) is 6.54 Å². The van der Waals surface area contributed by atoms with Gasteiger partial charge in [-0.2, -0.15) is 8.78 Å². The molecule has 1 fully saturated rings. The van der Waals surface area contributed by atoms with Crippen molar-refractivity contribution in [2.45, 2.75) is 48.3 Å². The smallest absolute Gasteiger partial charge is 0.291 e. The van der Waals surface area contributed by atoms with Crippen LogP contribution in [0.2, 0.25) is 5.02 Å². The molecule has 3 aromatic rings. The number of hydrogen-bond acceptors (Lipinski definition) is 4. The summed E-state index contributed by atoms with van der Waals surface area (Å²) in [6.07, 6.45) is 2.87. The van der Waals surface area contributed by atoms with Crippen LogP contribution in [0.1, 0.15) is 51.8 Å². The SMILES string of the molecule is Cc1ccc(C(F)(F)CNC(=O)c2nc(C)ncc2S(=O)c2cccc(C3CC3)c2F)c(Cl)c1. The summed E-state index contributed by atoms with van der Waals surface area (Å²) in [4.78, 5) is 20.6. The third-order valence-electron chi connectivity index (χ3n) is 5.49. The molecule has 1 aliphatic rings. The van der Waals surface area contributed by atoms with E-state index < -0.39 is 40.6 Å². The van der Waals surface area contributed by atoms with E-state index in [2.05, 4.69) is 15.3 Å². The van der Waals surface area contributed by atoms with E-state index in [4.69, 9.17) is 11.6 Å². The number of nitrogens with zero attached hydrogens (tertiary/aromatic N) is 2. The number of amides is 1. The Labute approximate surface area is 202 Å². The number of rotatable bonds is 7. The van der Waals surface area contributed by atoms with Gasteiger partial charge in [-0.05, 0) is 55.9 Å². The zero-order chi connectivity index (χ0) is 24.6. The highest BCUT2D eigenvalue weighted by Gasteiger charge is 2.35. The highest BCUT2D eigenvalue weighted by atomic mass is 35.5. The van der Waals surface area contributed by atoms with E-state index in [1.807, 2.05) is 0 Å². The normalized spacial score (nSPS) is 14.6. The lowest BCUT2D eigenvalue weighted by Gasteiger charge is -2.19. The molecule has 1 aliphatic carbocycles. The number of carbonyl (C=O) groups excluding carboxylic acids is 1. The summed E-state index contributed by atoms with van der Waals surface area (Å²) >= 11 is 5.97. The van der Waals surface area contributed by atoms with Crippen LogP contribution >= 0.6 is 11.6 Å². The van der Waals surface area contributed by atoms with E-state index in [1.54, 1.807) is 19.1 Å². The van der Waals surface area contributed by atoms with Crippen LogP contribution in [0.4, 0.5) is 13.2 Å². The number of alkyl halides is 2. The predicted molar refractivity (Wildman–Crippen MR) is 122 cm³/mol. The minimum Gasteiger partial charge on any atom is -0.344 e. The molecule has 1 unspecified atom stereocenters. The number of aromatic nitrogens is 2. The van der Waals surface area contributed by atoms with E-state index in [0.717, 1.165) is 24.6 Å². The topological polar surface area (TPSA) is 72.0 Å². The van der Waals surface area contributed by atoms with Gasteiger partial charge < -0.3 is 5.32 Å². The lowest BCUT2D eigenvalue weighted by Crippen LogP contribution is -2.36. The van der Waals surface area contributed by atoms with Crippen LogP contribution in [0.5, 0.6) is 0 Å². The molecule has 1 atom stereocenters.